The minimum absolute atomic E-state index is 0.217. The van der Waals surface area contributed by atoms with Gasteiger partial charge < -0.3 is 5.11 Å². The lowest BCUT2D eigenvalue weighted by molar-refractivity contribution is -0.137. The number of nitriles is 1. The summed E-state index contributed by atoms with van der Waals surface area (Å²) in [5.41, 5.74) is -0.217. The number of carbonyl (C=O) groups is 1. The first kappa shape index (κ1) is 15.4. The second-order valence-corrected chi connectivity index (χ2v) is 6.70. The summed E-state index contributed by atoms with van der Waals surface area (Å²) in [6.45, 7) is -0.604. The van der Waals surface area contributed by atoms with Crippen molar-refractivity contribution < 1.29 is 18.3 Å². The molecule has 1 saturated carbocycles. The van der Waals surface area contributed by atoms with E-state index in [4.69, 9.17) is 10.4 Å². The van der Waals surface area contributed by atoms with E-state index >= 15 is 0 Å². The molecule has 1 fully saturated rings. The van der Waals surface area contributed by atoms with Crippen molar-refractivity contribution >= 4 is 16.0 Å². The summed E-state index contributed by atoms with van der Waals surface area (Å²) < 4.78 is 26.4. The van der Waals surface area contributed by atoms with Crippen LogP contribution >= 0.6 is 0 Å². The van der Waals surface area contributed by atoms with Crippen LogP contribution in [0.25, 0.3) is 0 Å². The molecule has 1 N–H and O–H groups in total. The molecule has 1 heterocycles. The van der Waals surface area contributed by atoms with Crippen molar-refractivity contribution in [2.24, 2.45) is 0 Å². The molecule has 1 aromatic heterocycles. The summed E-state index contributed by atoms with van der Waals surface area (Å²) in [6.07, 6.45) is 4.33. The molecule has 1 aliphatic rings. The average molecular weight is 309 g/mol. The van der Waals surface area contributed by atoms with E-state index < -0.39 is 22.5 Å². The standard InChI is InChI=1S/C13H15N3O4S/c14-8-11-12(6-3-7-15-11)21(19,20)16(9-13(17)18)10-4-1-2-5-10/h3,6-7,10H,1-2,4-5,9H2,(H,17,18). The maximum atomic E-state index is 12.7. The van der Waals surface area contributed by atoms with Gasteiger partial charge in [0.15, 0.2) is 5.69 Å². The van der Waals surface area contributed by atoms with Gasteiger partial charge in [-0.3, -0.25) is 4.79 Å². The molecule has 0 bridgehead atoms. The third-order valence-corrected chi connectivity index (χ3v) is 5.42. The fourth-order valence-corrected chi connectivity index (χ4v) is 4.27. The summed E-state index contributed by atoms with van der Waals surface area (Å²) in [6, 6.07) is 4.10. The number of carboxylic acid groups (broad SMARTS) is 1. The number of sulfonamides is 1. The van der Waals surface area contributed by atoms with Crippen LogP contribution in [0.3, 0.4) is 0 Å². The van der Waals surface area contributed by atoms with Crippen molar-refractivity contribution in [3.05, 3.63) is 24.0 Å². The molecule has 8 heteroatoms. The molecule has 0 unspecified atom stereocenters. The smallest absolute Gasteiger partial charge is 0.318 e. The zero-order valence-corrected chi connectivity index (χ0v) is 12.1. The Hall–Kier alpha value is -1.98. The normalized spacial score (nSPS) is 16.0. The van der Waals surface area contributed by atoms with E-state index in [0.29, 0.717) is 12.8 Å². The summed E-state index contributed by atoms with van der Waals surface area (Å²) in [4.78, 5) is 14.5. The number of nitrogens with zero attached hydrogens (tertiary/aromatic N) is 3. The SMILES string of the molecule is N#Cc1ncccc1S(=O)(=O)N(CC(=O)O)C1CCCC1. The molecule has 7 nitrogen and oxygen atoms in total. The van der Waals surface area contributed by atoms with Gasteiger partial charge in [-0.1, -0.05) is 12.8 Å². The second kappa shape index (κ2) is 6.20. The quantitative estimate of drug-likeness (QED) is 0.867. The lowest BCUT2D eigenvalue weighted by Crippen LogP contribution is -2.42. The van der Waals surface area contributed by atoms with Gasteiger partial charge in [0.05, 0.1) is 0 Å². The Kier molecular flexibility index (Phi) is 4.55. The van der Waals surface area contributed by atoms with Crippen molar-refractivity contribution in [1.82, 2.24) is 9.29 Å². The van der Waals surface area contributed by atoms with Crippen molar-refractivity contribution in [3.8, 4) is 6.07 Å². The van der Waals surface area contributed by atoms with Gasteiger partial charge in [0, 0.05) is 12.2 Å². The van der Waals surface area contributed by atoms with Gasteiger partial charge in [0.1, 0.15) is 17.5 Å². The minimum Gasteiger partial charge on any atom is -0.480 e. The molecule has 0 amide bonds. The van der Waals surface area contributed by atoms with E-state index in [9.17, 15) is 13.2 Å². The van der Waals surface area contributed by atoms with E-state index in [1.165, 1.54) is 18.3 Å². The molecule has 0 aliphatic heterocycles. The largest absolute Gasteiger partial charge is 0.480 e. The van der Waals surface area contributed by atoms with Crippen molar-refractivity contribution in [2.75, 3.05) is 6.54 Å². The molecular formula is C13H15N3O4S. The highest BCUT2D eigenvalue weighted by molar-refractivity contribution is 7.89. The molecule has 21 heavy (non-hydrogen) atoms. The predicted molar refractivity (Wildman–Crippen MR) is 72.7 cm³/mol. The Labute approximate surface area is 122 Å². The molecule has 0 atom stereocenters. The zero-order valence-electron chi connectivity index (χ0n) is 11.3. The van der Waals surface area contributed by atoms with E-state index in [1.54, 1.807) is 6.07 Å². The Bertz CT molecular complexity index is 675. The number of aliphatic carboxylic acids is 1. The Morgan fingerprint density at radius 3 is 2.71 bits per heavy atom. The van der Waals surface area contributed by atoms with Crippen LogP contribution in [0.15, 0.2) is 23.2 Å². The lowest BCUT2D eigenvalue weighted by atomic mass is 10.2. The van der Waals surface area contributed by atoms with Gasteiger partial charge in [-0.25, -0.2) is 13.4 Å². The molecule has 1 aliphatic carbocycles. The van der Waals surface area contributed by atoms with Gasteiger partial charge in [0.25, 0.3) is 0 Å². The fraction of sp³-hybridized carbons (Fsp3) is 0.462. The van der Waals surface area contributed by atoms with Gasteiger partial charge in [-0.15, -0.1) is 0 Å². The summed E-state index contributed by atoms with van der Waals surface area (Å²) in [5.74, 6) is -1.21. The number of hydrogen-bond acceptors (Lipinski definition) is 5. The monoisotopic (exact) mass is 309 g/mol. The van der Waals surface area contributed by atoms with Crippen LogP contribution in [0.4, 0.5) is 0 Å². The lowest BCUT2D eigenvalue weighted by Gasteiger charge is -2.26. The number of pyridine rings is 1. The van der Waals surface area contributed by atoms with Crippen LogP contribution in [0, 0.1) is 11.3 Å². The summed E-state index contributed by atoms with van der Waals surface area (Å²) >= 11 is 0. The molecule has 0 spiro atoms. The van der Waals surface area contributed by atoms with E-state index in [2.05, 4.69) is 4.98 Å². The molecule has 2 rings (SSSR count). The van der Waals surface area contributed by atoms with Gasteiger partial charge in [-0.2, -0.15) is 9.57 Å². The van der Waals surface area contributed by atoms with Crippen LogP contribution in [0.5, 0.6) is 0 Å². The predicted octanol–water partition coefficient (Wildman–Crippen LogP) is 0.971. The number of carboxylic acids is 1. The van der Waals surface area contributed by atoms with E-state index in [1.807, 2.05) is 0 Å². The third kappa shape index (κ3) is 3.20. The number of aromatic nitrogens is 1. The maximum absolute atomic E-state index is 12.7. The maximum Gasteiger partial charge on any atom is 0.318 e. The first-order valence-corrected chi connectivity index (χ1v) is 7.99. The second-order valence-electron chi connectivity index (χ2n) is 4.84. The van der Waals surface area contributed by atoms with Crippen molar-refractivity contribution in [3.63, 3.8) is 0 Å². The minimum atomic E-state index is -4.05. The number of rotatable bonds is 5. The van der Waals surface area contributed by atoms with Crippen LogP contribution in [-0.2, 0) is 14.8 Å². The van der Waals surface area contributed by atoms with Gasteiger partial charge >= 0.3 is 5.97 Å². The molecule has 0 aromatic carbocycles. The van der Waals surface area contributed by atoms with Crippen LogP contribution in [-0.4, -0.2) is 41.4 Å². The zero-order chi connectivity index (χ0) is 15.5. The highest BCUT2D eigenvalue weighted by Crippen LogP contribution is 2.29. The molecule has 112 valence electrons. The third-order valence-electron chi connectivity index (χ3n) is 3.49. The van der Waals surface area contributed by atoms with Crippen molar-refractivity contribution in [2.45, 2.75) is 36.6 Å². The first-order chi connectivity index (χ1) is 9.96. The Balaban J connectivity index is 2.46. The molecule has 1 aromatic rings. The van der Waals surface area contributed by atoms with Crippen LogP contribution in [0.2, 0.25) is 0 Å². The topological polar surface area (TPSA) is 111 Å². The summed E-state index contributed by atoms with van der Waals surface area (Å²) in [7, 11) is -4.05. The first-order valence-electron chi connectivity index (χ1n) is 6.55. The molecule has 0 radical (unpaired) electrons. The molecule has 0 saturated heterocycles. The summed E-state index contributed by atoms with van der Waals surface area (Å²) in [5, 5.41) is 18.0. The highest BCUT2D eigenvalue weighted by atomic mass is 32.2. The average Bonchev–Trinajstić information content (AvgIpc) is 2.98. The molecular weight excluding hydrogens is 294 g/mol. The van der Waals surface area contributed by atoms with Gasteiger partial charge in [-0.05, 0) is 25.0 Å². The van der Waals surface area contributed by atoms with Crippen LogP contribution < -0.4 is 0 Å². The van der Waals surface area contributed by atoms with Crippen molar-refractivity contribution in [1.29, 1.82) is 5.26 Å². The van der Waals surface area contributed by atoms with E-state index in [-0.39, 0.29) is 16.6 Å². The van der Waals surface area contributed by atoms with Crippen LogP contribution in [0.1, 0.15) is 31.4 Å². The number of hydrogen-bond donors (Lipinski definition) is 1. The van der Waals surface area contributed by atoms with Gasteiger partial charge in [0.2, 0.25) is 10.0 Å². The Morgan fingerprint density at radius 2 is 2.14 bits per heavy atom. The highest BCUT2D eigenvalue weighted by Gasteiger charge is 2.36. The fourth-order valence-electron chi connectivity index (χ4n) is 2.54. The van der Waals surface area contributed by atoms with E-state index in [0.717, 1.165) is 17.1 Å². The Morgan fingerprint density at radius 1 is 1.48 bits per heavy atom.